The summed E-state index contributed by atoms with van der Waals surface area (Å²) in [5.41, 5.74) is -0.918. The van der Waals surface area contributed by atoms with Crippen LogP contribution in [-0.4, -0.2) is 28.2 Å². The lowest BCUT2D eigenvalue weighted by Gasteiger charge is -2.59. The molecule has 0 aromatic carbocycles. The summed E-state index contributed by atoms with van der Waals surface area (Å²) in [7, 11) is 0. The van der Waals surface area contributed by atoms with E-state index in [4.69, 9.17) is 0 Å². The topological polar surface area (TPSA) is 58.2 Å². The van der Waals surface area contributed by atoms with Gasteiger partial charge in [0, 0.05) is 10.9 Å². The van der Waals surface area contributed by atoms with Crippen LogP contribution < -0.4 is 10.6 Å². The lowest BCUT2D eigenvalue weighted by atomic mass is 9.49. The number of carbonyl (C=O) groups excluding carboxylic acids is 2. The van der Waals surface area contributed by atoms with Crippen molar-refractivity contribution >= 4 is 27.7 Å². The fraction of sp³-hybridized carbons (Fsp3) is 0.900. The summed E-state index contributed by atoms with van der Waals surface area (Å²) < 4.78 is 0.166. The molecule has 0 aliphatic heterocycles. The molecule has 5 aliphatic carbocycles. The number of nitrogens with one attached hydrogen (secondary N) is 2. The van der Waals surface area contributed by atoms with Crippen molar-refractivity contribution in [2.24, 2.45) is 17.3 Å². The summed E-state index contributed by atoms with van der Waals surface area (Å²) in [4.78, 5) is 26.3. The van der Waals surface area contributed by atoms with Crippen molar-refractivity contribution in [3.63, 3.8) is 0 Å². The monoisotopic (exact) mass is 410 g/mol. The summed E-state index contributed by atoms with van der Waals surface area (Å²) in [6, 6.07) is 0. The molecule has 5 heteroatoms. The van der Waals surface area contributed by atoms with Gasteiger partial charge in [-0.1, -0.05) is 35.2 Å². The number of hydrogen-bond acceptors (Lipinski definition) is 2. The maximum absolute atomic E-state index is 13.5. The van der Waals surface area contributed by atoms with E-state index in [0.717, 1.165) is 51.4 Å². The van der Waals surface area contributed by atoms with Crippen LogP contribution in [-0.2, 0) is 9.59 Å². The molecule has 0 radical (unpaired) electrons. The Bertz CT molecular complexity index is 556. The Balaban J connectivity index is 1.56. The molecule has 0 aromatic heterocycles. The second-order valence-electron chi connectivity index (χ2n) is 9.35. The van der Waals surface area contributed by atoms with E-state index in [-0.39, 0.29) is 21.6 Å². The molecule has 2 amide bonds. The van der Waals surface area contributed by atoms with Crippen molar-refractivity contribution < 1.29 is 9.59 Å². The number of halogens is 1. The van der Waals surface area contributed by atoms with E-state index in [2.05, 4.69) is 26.6 Å². The molecule has 4 nitrogen and oxygen atoms in total. The standard InChI is InChI=1S/C20H31BrN2O2/c1-2-22-17(25)20(6-4-3-5-7-20)23-16(24)18-9-14-8-15(10-18)12-19(21,11-14)13-18/h14-15H,2-13H2,1H3,(H,22,25)(H,23,24). The van der Waals surface area contributed by atoms with Crippen LogP contribution >= 0.6 is 15.9 Å². The van der Waals surface area contributed by atoms with Gasteiger partial charge in [0.25, 0.3) is 0 Å². The van der Waals surface area contributed by atoms with Gasteiger partial charge in [0.2, 0.25) is 11.8 Å². The van der Waals surface area contributed by atoms with Crippen LogP contribution in [0.3, 0.4) is 0 Å². The van der Waals surface area contributed by atoms with Gasteiger partial charge in [-0.2, -0.15) is 0 Å². The van der Waals surface area contributed by atoms with Gasteiger partial charge >= 0.3 is 0 Å². The Kier molecular flexibility index (Phi) is 4.45. The highest BCUT2D eigenvalue weighted by Gasteiger charge is 2.60. The van der Waals surface area contributed by atoms with Crippen molar-refractivity contribution in [3.8, 4) is 0 Å². The van der Waals surface area contributed by atoms with Gasteiger partial charge in [0.1, 0.15) is 5.54 Å². The summed E-state index contributed by atoms with van der Waals surface area (Å²) in [5, 5.41) is 6.30. The Morgan fingerprint density at radius 1 is 1.00 bits per heavy atom. The van der Waals surface area contributed by atoms with Crippen molar-refractivity contribution in [1.82, 2.24) is 10.6 Å². The first-order valence-electron chi connectivity index (χ1n) is 10.2. The highest BCUT2D eigenvalue weighted by Crippen LogP contribution is 2.64. The fourth-order valence-corrected chi connectivity index (χ4v) is 8.11. The van der Waals surface area contributed by atoms with E-state index < -0.39 is 5.54 Å². The van der Waals surface area contributed by atoms with Crippen LogP contribution in [0.4, 0.5) is 0 Å². The Morgan fingerprint density at radius 3 is 2.20 bits per heavy atom. The predicted octanol–water partition coefficient (Wildman–Crippen LogP) is 3.68. The second kappa shape index (κ2) is 6.24. The van der Waals surface area contributed by atoms with Gasteiger partial charge in [0.15, 0.2) is 0 Å². The SMILES string of the molecule is CCNC(=O)C1(NC(=O)C23CC4CC(CC(Br)(C4)C2)C3)CCCCC1. The first kappa shape index (κ1) is 17.8. The van der Waals surface area contributed by atoms with E-state index in [9.17, 15) is 9.59 Å². The van der Waals surface area contributed by atoms with Crippen molar-refractivity contribution in [1.29, 1.82) is 0 Å². The zero-order valence-corrected chi connectivity index (χ0v) is 16.9. The molecule has 5 fully saturated rings. The Hall–Kier alpha value is -0.580. The van der Waals surface area contributed by atoms with Gasteiger partial charge in [-0.25, -0.2) is 0 Å². The van der Waals surface area contributed by atoms with Crippen LogP contribution in [0.25, 0.3) is 0 Å². The highest BCUT2D eigenvalue weighted by molar-refractivity contribution is 9.10. The molecule has 0 aromatic rings. The van der Waals surface area contributed by atoms with Crippen LogP contribution in [0.1, 0.15) is 77.6 Å². The predicted molar refractivity (Wildman–Crippen MR) is 101 cm³/mol. The highest BCUT2D eigenvalue weighted by atomic mass is 79.9. The first-order valence-corrected chi connectivity index (χ1v) is 11.0. The molecule has 5 aliphatic rings. The van der Waals surface area contributed by atoms with Gasteiger partial charge in [0.05, 0.1) is 5.41 Å². The van der Waals surface area contributed by atoms with E-state index in [1.807, 2.05) is 6.92 Å². The minimum atomic E-state index is -0.672. The zero-order chi connectivity index (χ0) is 17.7. The summed E-state index contributed by atoms with van der Waals surface area (Å²) in [6.45, 7) is 2.57. The first-order chi connectivity index (χ1) is 11.9. The third-order valence-corrected chi connectivity index (χ3v) is 8.23. The fourth-order valence-electron chi connectivity index (χ4n) is 6.66. The number of amides is 2. The molecule has 0 heterocycles. The average molecular weight is 411 g/mol. The summed E-state index contributed by atoms with van der Waals surface area (Å²) in [5.74, 6) is 1.55. The molecule has 2 N–H and O–H groups in total. The molecule has 2 unspecified atom stereocenters. The van der Waals surface area contributed by atoms with Gasteiger partial charge < -0.3 is 10.6 Å². The molecule has 4 bridgehead atoms. The summed E-state index contributed by atoms with van der Waals surface area (Å²) >= 11 is 3.99. The Morgan fingerprint density at radius 2 is 1.64 bits per heavy atom. The Labute approximate surface area is 159 Å². The van der Waals surface area contributed by atoms with Gasteiger partial charge in [-0.05, 0) is 70.1 Å². The molecule has 25 heavy (non-hydrogen) atoms. The van der Waals surface area contributed by atoms with Gasteiger partial charge in [-0.3, -0.25) is 9.59 Å². The van der Waals surface area contributed by atoms with Crippen LogP contribution in [0.15, 0.2) is 0 Å². The number of rotatable bonds is 4. The second-order valence-corrected chi connectivity index (χ2v) is 11.0. The molecule has 0 spiro atoms. The van der Waals surface area contributed by atoms with Crippen LogP contribution in [0.5, 0.6) is 0 Å². The molecule has 5 saturated carbocycles. The number of likely N-dealkylation sites (N-methyl/N-ethyl adjacent to an activating group) is 1. The minimum absolute atomic E-state index is 0.0290. The zero-order valence-electron chi connectivity index (χ0n) is 15.3. The molecular weight excluding hydrogens is 380 g/mol. The lowest BCUT2D eigenvalue weighted by molar-refractivity contribution is -0.150. The summed E-state index contributed by atoms with van der Waals surface area (Å²) in [6.07, 6.45) is 11.5. The quantitative estimate of drug-likeness (QED) is 0.694. The third kappa shape index (κ3) is 3.04. The minimum Gasteiger partial charge on any atom is -0.354 e. The maximum Gasteiger partial charge on any atom is 0.245 e. The van der Waals surface area contributed by atoms with E-state index in [0.29, 0.717) is 18.4 Å². The smallest absolute Gasteiger partial charge is 0.245 e. The number of carbonyl (C=O) groups is 2. The molecular formula is C20H31BrN2O2. The average Bonchev–Trinajstić information content (AvgIpc) is 2.53. The number of alkyl halides is 1. The van der Waals surface area contributed by atoms with Crippen LogP contribution in [0, 0.1) is 17.3 Å². The molecule has 0 saturated heterocycles. The molecule has 140 valence electrons. The van der Waals surface area contributed by atoms with E-state index >= 15 is 0 Å². The lowest BCUT2D eigenvalue weighted by Crippen LogP contribution is -2.65. The van der Waals surface area contributed by atoms with Crippen LogP contribution in [0.2, 0.25) is 0 Å². The molecule has 2 atom stereocenters. The van der Waals surface area contributed by atoms with Crippen molar-refractivity contribution in [2.75, 3.05) is 6.54 Å². The normalized spacial score (nSPS) is 41.4. The van der Waals surface area contributed by atoms with Crippen molar-refractivity contribution in [2.45, 2.75) is 87.4 Å². The largest absolute Gasteiger partial charge is 0.354 e. The number of hydrogen-bond donors (Lipinski definition) is 2. The third-order valence-electron chi connectivity index (χ3n) is 7.30. The maximum atomic E-state index is 13.5. The van der Waals surface area contributed by atoms with E-state index in [1.54, 1.807) is 0 Å². The van der Waals surface area contributed by atoms with Gasteiger partial charge in [-0.15, -0.1) is 0 Å². The molecule has 5 rings (SSSR count). The van der Waals surface area contributed by atoms with E-state index in [1.165, 1.54) is 19.3 Å². The van der Waals surface area contributed by atoms with Crippen molar-refractivity contribution in [3.05, 3.63) is 0 Å².